The molecule has 0 saturated carbocycles. The van der Waals surface area contributed by atoms with Crippen LogP contribution in [-0.4, -0.2) is 41.8 Å². The van der Waals surface area contributed by atoms with Crippen LogP contribution in [0.4, 0.5) is 4.79 Å². The van der Waals surface area contributed by atoms with Gasteiger partial charge in [-0.3, -0.25) is 0 Å². The van der Waals surface area contributed by atoms with Gasteiger partial charge in [-0.1, -0.05) is 0 Å². The molecule has 1 rings (SSSR count). The van der Waals surface area contributed by atoms with Crippen molar-refractivity contribution in [3.05, 3.63) is 0 Å². The number of piperidine rings is 1. The van der Waals surface area contributed by atoms with Gasteiger partial charge in [-0.25, -0.2) is 4.79 Å². The zero-order valence-corrected chi connectivity index (χ0v) is 14.9. The Morgan fingerprint density at radius 3 is 2.77 bits per heavy atom. The van der Waals surface area contributed by atoms with Gasteiger partial charge >= 0.3 is 6.09 Å². The number of hydrogen-bond donors (Lipinski definition) is 1. The van der Waals surface area contributed by atoms with Crippen LogP contribution in [0.5, 0.6) is 0 Å². The molecule has 1 fully saturated rings. The highest BCUT2D eigenvalue weighted by Gasteiger charge is 2.31. The first kappa shape index (κ1) is 18.8. The molecule has 0 bridgehead atoms. The molecule has 1 saturated heterocycles. The lowest BCUT2D eigenvalue weighted by Crippen LogP contribution is -2.48. The zero-order chi connectivity index (χ0) is 16.6. The van der Waals surface area contributed by atoms with Crippen molar-refractivity contribution >= 4 is 6.09 Å². The molecule has 22 heavy (non-hydrogen) atoms. The largest absolute Gasteiger partial charge is 0.444 e. The van der Waals surface area contributed by atoms with Crippen molar-refractivity contribution in [1.82, 2.24) is 10.2 Å². The zero-order valence-electron chi connectivity index (χ0n) is 14.9. The quantitative estimate of drug-likeness (QED) is 0.624. The molecule has 1 N–H and O–H groups in total. The van der Waals surface area contributed by atoms with Gasteiger partial charge in [0.15, 0.2) is 0 Å². The minimum Gasteiger partial charge on any atom is -0.444 e. The number of amides is 1. The number of rotatable bonds is 5. The third kappa shape index (κ3) is 7.17. The lowest BCUT2D eigenvalue weighted by Gasteiger charge is -2.38. The number of likely N-dealkylation sites (tertiary alicyclic amines) is 1. The normalized spacial score (nSPS) is 20.0. The van der Waals surface area contributed by atoms with E-state index < -0.39 is 5.60 Å². The summed E-state index contributed by atoms with van der Waals surface area (Å²) >= 11 is 0. The number of carbonyl (C=O) groups is 1. The molecule has 0 aliphatic carbocycles. The summed E-state index contributed by atoms with van der Waals surface area (Å²) in [5.74, 6) is 5.97. The van der Waals surface area contributed by atoms with E-state index in [2.05, 4.69) is 24.1 Å². The Morgan fingerprint density at radius 2 is 2.14 bits per heavy atom. The molecule has 4 nitrogen and oxygen atoms in total. The number of ether oxygens (including phenoxy) is 1. The Hall–Kier alpha value is -1.21. The molecule has 2 atom stereocenters. The molecular weight excluding hydrogens is 276 g/mol. The average molecular weight is 308 g/mol. The second-order valence-corrected chi connectivity index (χ2v) is 7.09. The van der Waals surface area contributed by atoms with Crippen molar-refractivity contribution in [3.8, 4) is 11.8 Å². The van der Waals surface area contributed by atoms with Crippen LogP contribution < -0.4 is 5.32 Å². The standard InChI is InChI=1S/C18H32N2O2/c1-6-7-9-12-19-15(2)14-16-11-8-10-13-20(16)17(21)22-18(3,4)5/h15-16,19H,8-14H2,1-5H3. The van der Waals surface area contributed by atoms with Crippen LogP contribution in [-0.2, 0) is 4.74 Å². The molecule has 4 heteroatoms. The van der Waals surface area contributed by atoms with Crippen molar-refractivity contribution in [2.45, 2.75) is 84.4 Å². The summed E-state index contributed by atoms with van der Waals surface area (Å²) in [6.45, 7) is 11.5. The van der Waals surface area contributed by atoms with Crippen LogP contribution >= 0.6 is 0 Å². The predicted octanol–water partition coefficient (Wildman–Crippen LogP) is 3.56. The fourth-order valence-corrected chi connectivity index (χ4v) is 2.80. The second-order valence-electron chi connectivity index (χ2n) is 7.09. The highest BCUT2D eigenvalue weighted by atomic mass is 16.6. The van der Waals surface area contributed by atoms with Crippen molar-refractivity contribution in [3.63, 3.8) is 0 Å². The van der Waals surface area contributed by atoms with Crippen LogP contribution in [0.3, 0.4) is 0 Å². The number of nitrogens with one attached hydrogen (secondary N) is 1. The molecule has 1 aliphatic heterocycles. The average Bonchev–Trinajstić information content (AvgIpc) is 2.42. The SMILES string of the molecule is CC#CCCNC(C)CC1CCCCN1C(=O)OC(C)(C)C. The minimum atomic E-state index is -0.429. The van der Waals surface area contributed by atoms with E-state index in [9.17, 15) is 4.79 Å². The summed E-state index contributed by atoms with van der Waals surface area (Å²) in [5, 5.41) is 3.49. The lowest BCUT2D eigenvalue weighted by molar-refractivity contribution is 0.00793. The smallest absolute Gasteiger partial charge is 0.410 e. The second kappa shape index (κ2) is 9.05. The summed E-state index contributed by atoms with van der Waals surface area (Å²) in [7, 11) is 0. The maximum absolute atomic E-state index is 12.4. The van der Waals surface area contributed by atoms with Crippen molar-refractivity contribution in [2.75, 3.05) is 13.1 Å². The Bertz CT molecular complexity index is 404. The fraction of sp³-hybridized carbons (Fsp3) is 0.833. The van der Waals surface area contributed by atoms with E-state index in [4.69, 9.17) is 4.74 Å². The molecule has 0 aromatic rings. The van der Waals surface area contributed by atoms with E-state index in [1.54, 1.807) is 0 Å². The Morgan fingerprint density at radius 1 is 1.41 bits per heavy atom. The molecule has 0 radical (unpaired) electrons. The van der Waals surface area contributed by atoms with Gasteiger partial charge in [0.25, 0.3) is 0 Å². The maximum Gasteiger partial charge on any atom is 0.410 e. The first-order chi connectivity index (χ1) is 10.3. The van der Waals surface area contributed by atoms with Crippen molar-refractivity contribution in [1.29, 1.82) is 0 Å². The van der Waals surface area contributed by atoms with E-state index in [1.807, 2.05) is 32.6 Å². The first-order valence-electron chi connectivity index (χ1n) is 8.46. The summed E-state index contributed by atoms with van der Waals surface area (Å²) in [4.78, 5) is 14.3. The van der Waals surface area contributed by atoms with Gasteiger partial charge in [0.05, 0.1) is 0 Å². The van der Waals surface area contributed by atoms with Crippen LogP contribution in [0.25, 0.3) is 0 Å². The molecule has 1 amide bonds. The highest BCUT2D eigenvalue weighted by molar-refractivity contribution is 5.68. The molecule has 0 spiro atoms. The van der Waals surface area contributed by atoms with Crippen LogP contribution in [0, 0.1) is 11.8 Å². The summed E-state index contributed by atoms with van der Waals surface area (Å²) in [6.07, 6.45) is 5.02. The van der Waals surface area contributed by atoms with Crippen LogP contribution in [0.1, 0.15) is 66.7 Å². The molecule has 0 aromatic heterocycles. The molecule has 2 unspecified atom stereocenters. The first-order valence-corrected chi connectivity index (χ1v) is 8.46. The molecular formula is C18H32N2O2. The molecule has 0 aromatic carbocycles. The Balaban J connectivity index is 2.50. The van der Waals surface area contributed by atoms with Crippen molar-refractivity contribution in [2.24, 2.45) is 0 Å². The topological polar surface area (TPSA) is 41.6 Å². The summed E-state index contributed by atoms with van der Waals surface area (Å²) < 4.78 is 5.55. The summed E-state index contributed by atoms with van der Waals surface area (Å²) in [5.41, 5.74) is -0.429. The van der Waals surface area contributed by atoms with Gasteiger partial charge in [-0.2, -0.15) is 0 Å². The molecule has 1 heterocycles. The minimum absolute atomic E-state index is 0.166. The predicted molar refractivity (Wildman–Crippen MR) is 90.7 cm³/mol. The highest BCUT2D eigenvalue weighted by Crippen LogP contribution is 2.23. The summed E-state index contributed by atoms with van der Waals surface area (Å²) in [6, 6.07) is 0.662. The number of carbonyl (C=O) groups excluding carboxylic acids is 1. The van der Waals surface area contributed by atoms with E-state index in [0.29, 0.717) is 6.04 Å². The van der Waals surface area contributed by atoms with Gasteiger partial charge in [-0.05, 0) is 60.3 Å². The van der Waals surface area contributed by atoms with E-state index in [1.165, 1.54) is 6.42 Å². The Labute approximate surface area is 136 Å². The van der Waals surface area contributed by atoms with Gasteiger partial charge in [0, 0.05) is 31.6 Å². The van der Waals surface area contributed by atoms with Gasteiger partial charge in [-0.15, -0.1) is 11.8 Å². The van der Waals surface area contributed by atoms with E-state index in [0.717, 1.165) is 38.8 Å². The van der Waals surface area contributed by atoms with Crippen LogP contribution in [0.15, 0.2) is 0 Å². The fourth-order valence-electron chi connectivity index (χ4n) is 2.80. The van der Waals surface area contributed by atoms with Gasteiger partial charge < -0.3 is 15.0 Å². The van der Waals surface area contributed by atoms with Crippen LogP contribution in [0.2, 0.25) is 0 Å². The molecule has 1 aliphatic rings. The Kier molecular flexibility index (Phi) is 7.75. The molecule has 126 valence electrons. The maximum atomic E-state index is 12.4. The third-order valence-electron chi connectivity index (χ3n) is 3.80. The number of hydrogen-bond acceptors (Lipinski definition) is 3. The van der Waals surface area contributed by atoms with Gasteiger partial charge in [0.2, 0.25) is 0 Å². The van der Waals surface area contributed by atoms with Crippen molar-refractivity contribution < 1.29 is 9.53 Å². The van der Waals surface area contributed by atoms with Gasteiger partial charge in [0.1, 0.15) is 5.60 Å². The van der Waals surface area contributed by atoms with E-state index >= 15 is 0 Å². The third-order valence-corrected chi connectivity index (χ3v) is 3.80. The lowest BCUT2D eigenvalue weighted by atomic mass is 9.96. The number of nitrogens with zero attached hydrogens (tertiary/aromatic N) is 1. The van der Waals surface area contributed by atoms with E-state index in [-0.39, 0.29) is 12.1 Å². The monoisotopic (exact) mass is 308 g/mol.